The standard InChI is InChI=1S/C24H39NO3/c1-15(28-22(27)25(4)5)19-8-9-20-18-7-6-16-14-17(26)10-12-23(16,2)21(18)11-13-24(19,20)3/h6,15,17-21,26H,7-14H2,1-5H3/t15?,17-,18-,19+,20-,21-,23-,24+/m0/s1. The third-order valence-corrected chi connectivity index (χ3v) is 9.37. The summed E-state index contributed by atoms with van der Waals surface area (Å²) in [5.41, 5.74) is 2.12. The fourth-order valence-corrected chi connectivity index (χ4v) is 7.80. The Hall–Kier alpha value is -1.03. The van der Waals surface area contributed by atoms with E-state index >= 15 is 0 Å². The Morgan fingerprint density at radius 3 is 2.64 bits per heavy atom. The van der Waals surface area contributed by atoms with Gasteiger partial charge >= 0.3 is 6.09 Å². The summed E-state index contributed by atoms with van der Waals surface area (Å²) in [6.07, 6.45) is 11.3. The van der Waals surface area contributed by atoms with Crippen LogP contribution >= 0.6 is 0 Å². The lowest BCUT2D eigenvalue weighted by Crippen LogP contribution is -2.51. The zero-order chi connectivity index (χ0) is 20.3. The van der Waals surface area contributed by atoms with E-state index in [1.807, 2.05) is 0 Å². The van der Waals surface area contributed by atoms with Crippen LogP contribution in [0.1, 0.15) is 72.1 Å². The van der Waals surface area contributed by atoms with Crippen LogP contribution in [-0.4, -0.2) is 42.4 Å². The van der Waals surface area contributed by atoms with Crippen LogP contribution in [0.4, 0.5) is 4.79 Å². The number of hydrogen-bond donors (Lipinski definition) is 1. The van der Waals surface area contributed by atoms with Crippen molar-refractivity contribution < 1.29 is 14.6 Å². The molecule has 1 unspecified atom stereocenters. The quantitative estimate of drug-likeness (QED) is 0.675. The minimum absolute atomic E-state index is 0.0171. The zero-order valence-corrected chi connectivity index (χ0v) is 18.4. The number of hydrogen-bond acceptors (Lipinski definition) is 3. The number of aliphatic hydroxyl groups excluding tert-OH is 1. The summed E-state index contributed by atoms with van der Waals surface area (Å²) < 4.78 is 5.81. The van der Waals surface area contributed by atoms with E-state index in [2.05, 4.69) is 26.8 Å². The van der Waals surface area contributed by atoms with Crippen LogP contribution in [0.3, 0.4) is 0 Å². The average molecular weight is 390 g/mol. The second-order valence-corrected chi connectivity index (χ2v) is 10.9. The summed E-state index contributed by atoms with van der Waals surface area (Å²) in [7, 11) is 3.51. The molecule has 4 rings (SSSR count). The van der Waals surface area contributed by atoms with Gasteiger partial charge in [0.15, 0.2) is 0 Å². The van der Waals surface area contributed by atoms with Crippen molar-refractivity contribution in [1.82, 2.24) is 4.90 Å². The van der Waals surface area contributed by atoms with Gasteiger partial charge in [-0.2, -0.15) is 0 Å². The largest absolute Gasteiger partial charge is 0.446 e. The van der Waals surface area contributed by atoms with Gasteiger partial charge in [-0.3, -0.25) is 0 Å². The number of nitrogens with zero attached hydrogens (tertiary/aromatic N) is 1. The van der Waals surface area contributed by atoms with E-state index in [4.69, 9.17) is 4.74 Å². The van der Waals surface area contributed by atoms with Crippen molar-refractivity contribution in [3.8, 4) is 0 Å². The van der Waals surface area contributed by atoms with Gasteiger partial charge in [0.2, 0.25) is 0 Å². The molecule has 28 heavy (non-hydrogen) atoms. The molecule has 4 aliphatic rings. The van der Waals surface area contributed by atoms with Gasteiger partial charge in [0.1, 0.15) is 6.10 Å². The summed E-state index contributed by atoms with van der Waals surface area (Å²) in [5.74, 6) is 2.72. The molecule has 0 aromatic rings. The van der Waals surface area contributed by atoms with Crippen molar-refractivity contribution in [2.75, 3.05) is 14.1 Å². The van der Waals surface area contributed by atoms with Gasteiger partial charge in [0.25, 0.3) is 0 Å². The van der Waals surface area contributed by atoms with Gasteiger partial charge in [-0.05, 0) is 86.9 Å². The van der Waals surface area contributed by atoms with Crippen molar-refractivity contribution in [2.24, 2.45) is 34.5 Å². The molecule has 0 bridgehead atoms. The van der Waals surface area contributed by atoms with Crippen molar-refractivity contribution in [3.63, 3.8) is 0 Å². The van der Waals surface area contributed by atoms with E-state index in [1.165, 1.54) is 37.0 Å². The Bertz CT molecular complexity index is 658. The number of rotatable bonds is 2. The van der Waals surface area contributed by atoms with Crippen LogP contribution in [0.5, 0.6) is 0 Å². The van der Waals surface area contributed by atoms with Crippen LogP contribution in [0.25, 0.3) is 0 Å². The molecular weight excluding hydrogens is 350 g/mol. The highest BCUT2D eigenvalue weighted by atomic mass is 16.6. The van der Waals surface area contributed by atoms with Crippen molar-refractivity contribution >= 4 is 6.09 Å². The average Bonchev–Trinajstić information content (AvgIpc) is 2.99. The van der Waals surface area contributed by atoms with E-state index in [0.717, 1.165) is 37.0 Å². The Morgan fingerprint density at radius 1 is 1.18 bits per heavy atom. The molecular formula is C24H39NO3. The fourth-order valence-electron chi connectivity index (χ4n) is 7.80. The number of fused-ring (bicyclic) bond motifs is 5. The molecule has 0 heterocycles. The van der Waals surface area contributed by atoms with Gasteiger partial charge in [-0.25, -0.2) is 4.79 Å². The maximum absolute atomic E-state index is 12.1. The molecule has 0 saturated heterocycles. The zero-order valence-electron chi connectivity index (χ0n) is 18.4. The summed E-state index contributed by atoms with van der Waals surface area (Å²) in [4.78, 5) is 13.6. The molecule has 3 fully saturated rings. The van der Waals surface area contributed by atoms with Crippen molar-refractivity contribution in [3.05, 3.63) is 11.6 Å². The number of ether oxygens (including phenoxy) is 1. The molecule has 0 radical (unpaired) electrons. The molecule has 0 aromatic carbocycles. The normalized spacial score (nSPS) is 45.9. The maximum atomic E-state index is 12.1. The highest BCUT2D eigenvalue weighted by Gasteiger charge is 2.59. The SMILES string of the molecule is CC(OC(=O)N(C)C)[C@H]1CC[C@H]2[C@@H]3CC=C4C[C@@H](O)CC[C@]4(C)[C@H]3CC[C@]12C. The van der Waals surface area contributed by atoms with Gasteiger partial charge in [-0.1, -0.05) is 25.5 Å². The lowest BCUT2D eigenvalue weighted by atomic mass is 9.47. The summed E-state index contributed by atoms with van der Waals surface area (Å²) in [6.45, 7) is 7.07. The molecule has 1 amide bonds. The van der Waals surface area contributed by atoms with Crippen molar-refractivity contribution in [1.29, 1.82) is 0 Å². The number of amides is 1. The number of carbonyl (C=O) groups is 1. The maximum Gasteiger partial charge on any atom is 0.409 e. The third kappa shape index (κ3) is 3.02. The number of aliphatic hydroxyl groups is 1. The van der Waals surface area contributed by atoms with Crippen LogP contribution in [-0.2, 0) is 4.74 Å². The van der Waals surface area contributed by atoms with Crippen LogP contribution in [0, 0.1) is 34.5 Å². The first kappa shape index (κ1) is 20.3. The predicted molar refractivity (Wildman–Crippen MR) is 111 cm³/mol. The number of allylic oxidation sites excluding steroid dienone is 1. The Kier molecular flexibility index (Phi) is 5.09. The van der Waals surface area contributed by atoms with E-state index in [9.17, 15) is 9.90 Å². The lowest BCUT2D eigenvalue weighted by molar-refractivity contribution is -0.0708. The molecule has 3 saturated carbocycles. The molecule has 4 nitrogen and oxygen atoms in total. The molecule has 4 heteroatoms. The van der Waals surface area contributed by atoms with Gasteiger partial charge in [0.05, 0.1) is 6.10 Å². The van der Waals surface area contributed by atoms with E-state index in [-0.39, 0.29) is 23.7 Å². The summed E-state index contributed by atoms with van der Waals surface area (Å²) in [6, 6.07) is 0. The second-order valence-electron chi connectivity index (χ2n) is 10.9. The highest BCUT2D eigenvalue weighted by molar-refractivity contribution is 5.67. The lowest BCUT2D eigenvalue weighted by Gasteiger charge is -2.58. The Morgan fingerprint density at radius 2 is 1.93 bits per heavy atom. The fraction of sp³-hybridized carbons (Fsp3) is 0.875. The first-order valence-corrected chi connectivity index (χ1v) is 11.4. The second kappa shape index (κ2) is 7.04. The van der Waals surface area contributed by atoms with E-state index in [1.54, 1.807) is 19.7 Å². The number of carbonyl (C=O) groups excluding carboxylic acids is 1. The van der Waals surface area contributed by atoms with Crippen LogP contribution in [0.2, 0.25) is 0 Å². The summed E-state index contributed by atoms with van der Waals surface area (Å²) >= 11 is 0. The smallest absolute Gasteiger partial charge is 0.409 e. The van der Waals surface area contributed by atoms with Crippen LogP contribution < -0.4 is 0 Å². The molecule has 8 atom stereocenters. The predicted octanol–water partition coefficient (Wildman–Crippen LogP) is 5.01. The van der Waals surface area contributed by atoms with Gasteiger partial charge < -0.3 is 14.7 Å². The van der Waals surface area contributed by atoms with E-state index < -0.39 is 0 Å². The molecule has 0 aromatic heterocycles. The van der Waals surface area contributed by atoms with Gasteiger partial charge in [-0.15, -0.1) is 0 Å². The monoisotopic (exact) mass is 389 g/mol. The van der Waals surface area contributed by atoms with E-state index in [0.29, 0.717) is 11.3 Å². The molecule has 158 valence electrons. The topological polar surface area (TPSA) is 49.8 Å². The molecule has 0 spiro atoms. The van der Waals surface area contributed by atoms with Crippen LogP contribution in [0.15, 0.2) is 11.6 Å². The molecule has 4 aliphatic carbocycles. The van der Waals surface area contributed by atoms with Gasteiger partial charge in [0, 0.05) is 20.0 Å². The van der Waals surface area contributed by atoms with Crippen molar-refractivity contribution in [2.45, 2.75) is 84.3 Å². The summed E-state index contributed by atoms with van der Waals surface area (Å²) in [5, 5.41) is 10.2. The molecule has 1 N–H and O–H groups in total. The Labute approximate surface area is 170 Å². The minimum atomic E-state index is -0.216. The first-order valence-electron chi connectivity index (χ1n) is 11.4. The highest BCUT2D eigenvalue weighted by Crippen LogP contribution is 2.66. The minimum Gasteiger partial charge on any atom is -0.446 e. The Balaban J connectivity index is 1.54. The third-order valence-electron chi connectivity index (χ3n) is 9.37. The first-order chi connectivity index (χ1) is 13.2. The molecule has 0 aliphatic heterocycles.